The zero-order valence-electron chi connectivity index (χ0n) is 17.2. The summed E-state index contributed by atoms with van der Waals surface area (Å²) in [5.41, 5.74) is -0.244. The molecule has 0 saturated carbocycles. The van der Waals surface area contributed by atoms with Gasteiger partial charge in [-0.2, -0.15) is 0 Å². The molecule has 0 aliphatic rings. The Bertz CT molecular complexity index is 1170. The summed E-state index contributed by atoms with van der Waals surface area (Å²) in [4.78, 5) is 11.1. The summed E-state index contributed by atoms with van der Waals surface area (Å²) >= 11 is -5.63. The van der Waals surface area contributed by atoms with Crippen LogP contribution in [0.25, 0.3) is 0 Å². The fraction of sp³-hybridized carbons (Fsp3) is 0. The van der Waals surface area contributed by atoms with Gasteiger partial charge in [0, 0.05) is 0 Å². The summed E-state index contributed by atoms with van der Waals surface area (Å²) in [5.74, 6) is 0. The second-order valence-electron chi connectivity index (χ2n) is 7.27. The Morgan fingerprint density at radius 3 is 1.36 bits per heavy atom. The topological polar surface area (TPSA) is 122 Å². The molecule has 0 atom stereocenters. The van der Waals surface area contributed by atoms with E-state index in [9.17, 15) is 24.1 Å². The summed E-state index contributed by atoms with van der Waals surface area (Å²) < 4.78 is 44.9. The van der Waals surface area contributed by atoms with Crippen molar-refractivity contribution < 1.29 is 32.4 Å². The molecule has 0 amide bonds. The molecule has 0 aliphatic carbocycles. The number of hydrogen-bond acceptors (Lipinski definition) is 6. The molecule has 4 aromatic rings. The SMILES string of the molecule is O=[N+]([O-])c1cccc([As](O[Cl+3]([O-])([O-])[O-])(c2ccccc2)(c2ccccc2)c2ccccc2)c1. The number of hydrogen-bond donors (Lipinski definition) is 0. The molecule has 0 radical (unpaired) electrons. The van der Waals surface area contributed by atoms with E-state index in [1.165, 1.54) is 18.2 Å². The van der Waals surface area contributed by atoms with E-state index in [4.69, 9.17) is 3.28 Å². The fourth-order valence-electron chi connectivity index (χ4n) is 4.23. The van der Waals surface area contributed by atoms with Crippen LogP contribution in [0.1, 0.15) is 0 Å². The van der Waals surface area contributed by atoms with Crippen molar-refractivity contribution in [2.75, 3.05) is 0 Å². The number of nitro benzene ring substituents is 1. The maximum absolute atomic E-state index is 12.5. The van der Waals surface area contributed by atoms with E-state index in [1.54, 1.807) is 97.1 Å². The van der Waals surface area contributed by atoms with E-state index in [0.717, 1.165) is 0 Å². The Kier molecular flexibility index (Phi) is 6.12. The van der Waals surface area contributed by atoms with Crippen LogP contribution in [0.4, 0.5) is 5.69 Å². The molecular formula is C24H19AsClNO6. The summed E-state index contributed by atoms with van der Waals surface area (Å²) in [6.45, 7) is 0. The van der Waals surface area contributed by atoms with E-state index in [-0.39, 0.29) is 10.0 Å². The first-order valence-electron chi connectivity index (χ1n) is 9.84. The van der Waals surface area contributed by atoms with Gasteiger partial charge in [-0.3, -0.25) is 0 Å². The van der Waals surface area contributed by atoms with Gasteiger partial charge in [0.05, 0.1) is 0 Å². The average Bonchev–Trinajstić information content (AvgIpc) is 2.84. The van der Waals surface area contributed by atoms with Crippen LogP contribution in [-0.4, -0.2) is 17.7 Å². The zero-order chi connectivity index (χ0) is 23.6. The van der Waals surface area contributed by atoms with E-state index in [2.05, 4.69) is 0 Å². The van der Waals surface area contributed by atoms with Crippen LogP contribution in [0, 0.1) is 20.4 Å². The molecule has 0 aromatic heterocycles. The predicted molar refractivity (Wildman–Crippen MR) is 118 cm³/mol. The molecule has 4 aromatic carbocycles. The summed E-state index contributed by atoms with van der Waals surface area (Å²) in [6.07, 6.45) is 0. The molecule has 0 N–H and O–H groups in total. The van der Waals surface area contributed by atoms with E-state index in [0.29, 0.717) is 13.1 Å². The Morgan fingerprint density at radius 2 is 1.00 bits per heavy atom. The van der Waals surface area contributed by atoms with Crippen LogP contribution in [-0.2, 0) is 3.28 Å². The molecule has 0 spiro atoms. The van der Waals surface area contributed by atoms with Crippen molar-refractivity contribution in [3.8, 4) is 0 Å². The third kappa shape index (κ3) is 3.85. The average molecular weight is 528 g/mol. The number of halogens is 1. The predicted octanol–water partition coefficient (Wildman–Crippen LogP) is -0.663. The molecule has 0 fully saturated rings. The molecule has 0 heterocycles. The fourth-order valence-corrected chi connectivity index (χ4v) is 19.0. The second kappa shape index (κ2) is 8.72. The van der Waals surface area contributed by atoms with E-state index >= 15 is 0 Å². The van der Waals surface area contributed by atoms with Crippen LogP contribution in [0.15, 0.2) is 115 Å². The Hall–Kier alpha value is -3.03. The van der Waals surface area contributed by atoms with Crippen molar-refractivity contribution in [2.24, 2.45) is 0 Å². The van der Waals surface area contributed by atoms with Gasteiger partial charge in [-0.05, 0) is 0 Å². The monoisotopic (exact) mass is 527 g/mol. The molecule has 4 rings (SSSR count). The van der Waals surface area contributed by atoms with Gasteiger partial charge in [-0.25, -0.2) is 0 Å². The van der Waals surface area contributed by atoms with Gasteiger partial charge in [0.1, 0.15) is 0 Å². The van der Waals surface area contributed by atoms with Crippen LogP contribution < -0.4 is 31.4 Å². The van der Waals surface area contributed by atoms with Crippen LogP contribution >= 0.6 is 0 Å². The zero-order valence-corrected chi connectivity index (χ0v) is 19.8. The molecule has 33 heavy (non-hydrogen) atoms. The van der Waals surface area contributed by atoms with Gasteiger partial charge >= 0.3 is 194 Å². The van der Waals surface area contributed by atoms with Crippen LogP contribution in [0.2, 0.25) is 0 Å². The standard InChI is InChI=1S/C24H19AsClNO6/c28-26(29,30)33-25(20-11-4-1-5-12-20,21-13-6-2-7-14-21,22-15-8-3-9-16-22)23-17-10-18-24(19-23)27(31)32/h1-19H. The van der Waals surface area contributed by atoms with Gasteiger partial charge in [0.15, 0.2) is 0 Å². The van der Waals surface area contributed by atoms with E-state index < -0.39 is 28.0 Å². The first-order valence-corrected chi connectivity index (χ1v) is 15.6. The van der Waals surface area contributed by atoms with Gasteiger partial charge < -0.3 is 0 Å². The number of benzene rings is 4. The van der Waals surface area contributed by atoms with Crippen molar-refractivity contribution in [1.29, 1.82) is 0 Å². The summed E-state index contributed by atoms with van der Waals surface area (Å²) in [7, 11) is -4.97. The molecule has 7 nitrogen and oxygen atoms in total. The minimum atomic E-state index is -5.63. The summed E-state index contributed by atoms with van der Waals surface area (Å²) in [5, 5.41) is 11.7. The van der Waals surface area contributed by atoms with Gasteiger partial charge in [0.2, 0.25) is 0 Å². The first-order chi connectivity index (χ1) is 15.8. The van der Waals surface area contributed by atoms with Gasteiger partial charge in [0.25, 0.3) is 0 Å². The quantitative estimate of drug-likeness (QED) is 0.179. The number of non-ortho nitro benzene ring substituents is 1. The van der Waals surface area contributed by atoms with Crippen molar-refractivity contribution in [3.05, 3.63) is 125 Å². The molecule has 9 heteroatoms. The van der Waals surface area contributed by atoms with Crippen molar-refractivity contribution in [1.82, 2.24) is 0 Å². The Morgan fingerprint density at radius 1 is 0.606 bits per heavy atom. The first kappa shape index (κ1) is 23.1. The molecule has 0 bridgehead atoms. The number of nitro groups is 1. The number of nitrogens with zero attached hydrogens (tertiary/aromatic N) is 1. The van der Waals surface area contributed by atoms with Crippen molar-refractivity contribution >= 4 is 35.9 Å². The molecular weight excluding hydrogens is 509 g/mol. The Balaban J connectivity index is 2.33. The number of rotatable bonds is 7. The third-order valence-corrected chi connectivity index (χ3v) is 19.5. The van der Waals surface area contributed by atoms with E-state index in [1.807, 2.05) is 0 Å². The molecule has 0 saturated heterocycles. The van der Waals surface area contributed by atoms with Gasteiger partial charge in [-0.15, -0.1) is 0 Å². The second-order valence-corrected chi connectivity index (χ2v) is 17.7. The minimum absolute atomic E-state index is 0.244. The van der Waals surface area contributed by atoms with Gasteiger partial charge in [-0.1, -0.05) is 0 Å². The van der Waals surface area contributed by atoms with Crippen molar-refractivity contribution in [3.63, 3.8) is 0 Å². The molecule has 0 aliphatic heterocycles. The Labute approximate surface area is 193 Å². The maximum atomic E-state index is 12.5. The van der Waals surface area contributed by atoms with Crippen LogP contribution in [0.3, 0.4) is 0 Å². The summed E-state index contributed by atoms with van der Waals surface area (Å²) in [6, 6.07) is 31.5. The molecule has 0 unspecified atom stereocenters. The molecule has 168 valence electrons. The normalized spacial score (nSPS) is 13.1. The van der Waals surface area contributed by atoms with Crippen LogP contribution in [0.5, 0.6) is 0 Å². The van der Waals surface area contributed by atoms with Crippen molar-refractivity contribution in [2.45, 2.75) is 0 Å². The third-order valence-electron chi connectivity index (χ3n) is 5.50.